The zero-order chi connectivity index (χ0) is 23.6. The predicted octanol–water partition coefficient (Wildman–Crippen LogP) is 8.00. The standard InChI is InChI=1S/C28H31ClN2O2/c1-6-31-27-16-26(29)20(15-25(27)19(2)17-28(31,3)4)18-30-21-7-9-23(10-8-21)33-24-13-11-22(32-5)12-14-24/h7-16,18-19H,6,17H2,1-5H3. The van der Waals surface area contributed by atoms with Crippen LogP contribution in [0.4, 0.5) is 11.4 Å². The number of benzene rings is 3. The number of anilines is 1. The third-order valence-corrected chi connectivity index (χ3v) is 6.63. The van der Waals surface area contributed by atoms with E-state index >= 15 is 0 Å². The Morgan fingerprint density at radius 2 is 1.64 bits per heavy atom. The van der Waals surface area contributed by atoms with Gasteiger partial charge < -0.3 is 14.4 Å². The minimum atomic E-state index is 0.121. The van der Waals surface area contributed by atoms with Crippen LogP contribution in [0.3, 0.4) is 0 Å². The van der Waals surface area contributed by atoms with Crippen molar-refractivity contribution in [2.45, 2.75) is 45.6 Å². The Bertz CT molecular complexity index is 1140. The highest BCUT2D eigenvalue weighted by atomic mass is 35.5. The molecule has 1 atom stereocenters. The van der Waals surface area contributed by atoms with E-state index in [1.54, 1.807) is 7.11 Å². The molecule has 0 N–H and O–H groups in total. The van der Waals surface area contributed by atoms with Gasteiger partial charge in [0, 0.05) is 29.5 Å². The third kappa shape index (κ3) is 5.01. The number of ether oxygens (including phenoxy) is 2. The van der Waals surface area contributed by atoms with Crippen molar-refractivity contribution in [3.05, 3.63) is 76.8 Å². The van der Waals surface area contributed by atoms with Crippen molar-refractivity contribution < 1.29 is 9.47 Å². The van der Waals surface area contributed by atoms with Gasteiger partial charge in [-0.2, -0.15) is 0 Å². The van der Waals surface area contributed by atoms with Crippen LogP contribution in [0.15, 0.2) is 65.7 Å². The van der Waals surface area contributed by atoms with Crippen LogP contribution in [0.1, 0.15) is 51.2 Å². The molecule has 1 unspecified atom stereocenters. The molecule has 3 aromatic rings. The van der Waals surface area contributed by atoms with Crippen LogP contribution in [0.25, 0.3) is 0 Å². The largest absolute Gasteiger partial charge is 0.497 e. The molecular formula is C28H31ClN2O2. The van der Waals surface area contributed by atoms with Crippen LogP contribution in [0.5, 0.6) is 17.2 Å². The molecule has 4 nitrogen and oxygen atoms in total. The number of fused-ring (bicyclic) bond motifs is 1. The van der Waals surface area contributed by atoms with E-state index in [0.717, 1.165) is 46.5 Å². The summed E-state index contributed by atoms with van der Waals surface area (Å²) in [6.07, 6.45) is 2.96. The lowest BCUT2D eigenvalue weighted by atomic mass is 9.79. The molecule has 3 aromatic carbocycles. The smallest absolute Gasteiger partial charge is 0.127 e. The minimum Gasteiger partial charge on any atom is -0.497 e. The number of rotatable bonds is 6. The van der Waals surface area contributed by atoms with Crippen LogP contribution >= 0.6 is 11.6 Å². The topological polar surface area (TPSA) is 34.1 Å². The van der Waals surface area contributed by atoms with Gasteiger partial charge in [0.15, 0.2) is 0 Å². The van der Waals surface area contributed by atoms with Gasteiger partial charge in [0.05, 0.1) is 17.8 Å². The van der Waals surface area contributed by atoms with Crippen molar-refractivity contribution in [2.24, 2.45) is 4.99 Å². The zero-order valence-electron chi connectivity index (χ0n) is 19.9. The maximum atomic E-state index is 6.68. The van der Waals surface area contributed by atoms with E-state index in [4.69, 9.17) is 21.1 Å². The van der Waals surface area contributed by atoms with E-state index in [0.29, 0.717) is 5.92 Å². The molecule has 0 amide bonds. The molecule has 0 bridgehead atoms. The molecule has 4 rings (SSSR count). The third-order valence-electron chi connectivity index (χ3n) is 6.30. The summed E-state index contributed by atoms with van der Waals surface area (Å²) in [7, 11) is 1.65. The summed E-state index contributed by atoms with van der Waals surface area (Å²) in [6, 6.07) is 19.5. The zero-order valence-corrected chi connectivity index (χ0v) is 20.7. The van der Waals surface area contributed by atoms with E-state index < -0.39 is 0 Å². The van der Waals surface area contributed by atoms with Crippen molar-refractivity contribution in [1.29, 1.82) is 0 Å². The lowest BCUT2D eigenvalue weighted by Gasteiger charge is -2.47. The average molecular weight is 463 g/mol. The number of nitrogens with zero attached hydrogens (tertiary/aromatic N) is 2. The van der Waals surface area contributed by atoms with E-state index in [-0.39, 0.29) is 5.54 Å². The first-order valence-electron chi connectivity index (χ1n) is 11.4. The van der Waals surface area contributed by atoms with E-state index in [1.165, 1.54) is 11.3 Å². The summed E-state index contributed by atoms with van der Waals surface area (Å²) in [5.41, 5.74) is 4.48. The molecule has 1 aliphatic heterocycles. The van der Waals surface area contributed by atoms with Crippen molar-refractivity contribution in [2.75, 3.05) is 18.6 Å². The summed E-state index contributed by atoms with van der Waals surface area (Å²) in [4.78, 5) is 7.11. The summed E-state index contributed by atoms with van der Waals surface area (Å²) in [5.74, 6) is 2.78. The Hall–Kier alpha value is -2.98. The summed E-state index contributed by atoms with van der Waals surface area (Å²) >= 11 is 6.68. The molecule has 0 radical (unpaired) electrons. The molecular weight excluding hydrogens is 432 g/mol. The van der Waals surface area contributed by atoms with Crippen LogP contribution < -0.4 is 14.4 Å². The summed E-state index contributed by atoms with van der Waals surface area (Å²) in [5, 5.41) is 0.723. The van der Waals surface area contributed by atoms with Crippen molar-refractivity contribution in [3.8, 4) is 17.2 Å². The lowest BCUT2D eigenvalue weighted by Crippen LogP contribution is -2.48. The second-order valence-corrected chi connectivity index (χ2v) is 9.53. The number of aliphatic imine (C=N–C) groups is 1. The van der Waals surface area contributed by atoms with Gasteiger partial charge in [-0.05, 0) is 99.3 Å². The van der Waals surface area contributed by atoms with E-state index in [1.807, 2.05) is 54.7 Å². The average Bonchev–Trinajstić information content (AvgIpc) is 2.79. The molecule has 33 heavy (non-hydrogen) atoms. The van der Waals surface area contributed by atoms with Crippen LogP contribution in [0, 0.1) is 0 Å². The van der Waals surface area contributed by atoms with Crippen molar-refractivity contribution in [1.82, 2.24) is 0 Å². The minimum absolute atomic E-state index is 0.121. The Balaban J connectivity index is 1.51. The quantitative estimate of drug-likeness (QED) is 0.348. The number of hydrogen-bond donors (Lipinski definition) is 0. The highest BCUT2D eigenvalue weighted by molar-refractivity contribution is 6.33. The van der Waals surface area contributed by atoms with Gasteiger partial charge in [-0.15, -0.1) is 0 Å². The maximum absolute atomic E-state index is 6.68. The molecule has 1 aliphatic rings. The first kappa shape index (κ1) is 23.2. The first-order valence-corrected chi connectivity index (χ1v) is 11.8. The van der Waals surface area contributed by atoms with Gasteiger partial charge in [-0.3, -0.25) is 4.99 Å². The number of hydrogen-bond acceptors (Lipinski definition) is 4. The van der Waals surface area contributed by atoms with Gasteiger partial charge in [0.25, 0.3) is 0 Å². The molecule has 0 aromatic heterocycles. The van der Waals surface area contributed by atoms with Gasteiger partial charge in [-0.25, -0.2) is 0 Å². The second kappa shape index (κ2) is 9.48. The Morgan fingerprint density at radius 1 is 1.03 bits per heavy atom. The van der Waals surface area contributed by atoms with Crippen LogP contribution in [0.2, 0.25) is 5.02 Å². The fourth-order valence-corrected chi connectivity index (χ4v) is 4.95. The predicted molar refractivity (Wildman–Crippen MR) is 138 cm³/mol. The maximum Gasteiger partial charge on any atom is 0.127 e. The van der Waals surface area contributed by atoms with Crippen molar-refractivity contribution >= 4 is 29.2 Å². The highest BCUT2D eigenvalue weighted by Crippen LogP contribution is 2.44. The van der Waals surface area contributed by atoms with Gasteiger partial charge in [-0.1, -0.05) is 18.5 Å². The number of methoxy groups -OCH3 is 1. The SMILES string of the molecule is CCN1c2cc(Cl)c(C=Nc3ccc(Oc4ccc(OC)cc4)cc3)cc2C(C)CC1(C)C. The Kier molecular flexibility index (Phi) is 6.66. The molecule has 0 aliphatic carbocycles. The van der Waals surface area contributed by atoms with Gasteiger partial charge in [0.2, 0.25) is 0 Å². The molecule has 0 spiro atoms. The van der Waals surface area contributed by atoms with Crippen LogP contribution in [-0.2, 0) is 0 Å². The second-order valence-electron chi connectivity index (χ2n) is 9.12. The van der Waals surface area contributed by atoms with E-state index in [9.17, 15) is 0 Å². The van der Waals surface area contributed by atoms with Gasteiger partial charge >= 0.3 is 0 Å². The molecule has 0 saturated carbocycles. The highest BCUT2D eigenvalue weighted by Gasteiger charge is 2.35. The van der Waals surface area contributed by atoms with Gasteiger partial charge in [0.1, 0.15) is 17.2 Å². The van der Waals surface area contributed by atoms with Crippen LogP contribution in [-0.4, -0.2) is 25.4 Å². The van der Waals surface area contributed by atoms with Crippen molar-refractivity contribution in [3.63, 3.8) is 0 Å². The fraction of sp³-hybridized carbons (Fsp3) is 0.321. The summed E-state index contributed by atoms with van der Waals surface area (Å²) < 4.78 is 11.1. The molecule has 1 heterocycles. The fourth-order valence-electron chi connectivity index (χ4n) is 4.74. The summed E-state index contributed by atoms with van der Waals surface area (Å²) in [6.45, 7) is 10.1. The Labute approximate surface area is 201 Å². The van der Waals surface area contributed by atoms with E-state index in [2.05, 4.69) is 49.7 Å². The molecule has 0 saturated heterocycles. The molecule has 0 fully saturated rings. The monoisotopic (exact) mass is 462 g/mol. The Morgan fingerprint density at radius 3 is 2.24 bits per heavy atom. The lowest BCUT2D eigenvalue weighted by molar-refractivity contribution is 0.381. The number of halogens is 1. The molecule has 172 valence electrons. The molecule has 5 heteroatoms. The normalized spacial score (nSPS) is 17.2. The first-order chi connectivity index (χ1) is 15.8.